The van der Waals surface area contributed by atoms with E-state index < -0.39 is 0 Å². The molecule has 2 aromatic carbocycles. The number of carbonyl (C=O) groups is 1. The lowest BCUT2D eigenvalue weighted by atomic mass is 10.1. The number of hydrogen-bond donors (Lipinski definition) is 1. The van der Waals surface area contributed by atoms with Crippen LogP contribution in [0.25, 0.3) is 22.3 Å². The number of nitrogens with one attached hydrogen (secondary N) is 1. The fourth-order valence-corrected chi connectivity index (χ4v) is 3.05. The first-order valence-electron chi connectivity index (χ1n) is 8.09. The van der Waals surface area contributed by atoms with E-state index in [0.717, 1.165) is 21.1 Å². The predicted molar refractivity (Wildman–Crippen MR) is 107 cm³/mol. The Morgan fingerprint density at radius 3 is 2.46 bits per heavy atom. The number of aromatic nitrogens is 2. The van der Waals surface area contributed by atoms with Gasteiger partial charge in [0, 0.05) is 21.0 Å². The quantitative estimate of drug-likeness (QED) is 0.504. The number of halogens is 1. The molecule has 1 amide bonds. The van der Waals surface area contributed by atoms with Crippen LogP contribution in [0, 0.1) is 0 Å². The number of fused-ring (bicyclic) bond motifs is 1. The molecule has 26 heavy (non-hydrogen) atoms. The van der Waals surface area contributed by atoms with Gasteiger partial charge in [-0.05, 0) is 48.5 Å². The highest BCUT2D eigenvalue weighted by Crippen LogP contribution is 2.24. The topological polar surface area (TPSA) is 54.9 Å². The number of amides is 1. The summed E-state index contributed by atoms with van der Waals surface area (Å²) >= 11 is 3.48. The van der Waals surface area contributed by atoms with Crippen molar-refractivity contribution >= 4 is 38.7 Å². The van der Waals surface area contributed by atoms with E-state index in [1.165, 1.54) is 0 Å². The van der Waals surface area contributed by atoms with E-state index in [-0.39, 0.29) is 5.91 Å². The second-order valence-corrected chi connectivity index (χ2v) is 6.69. The number of hydrogen-bond acceptors (Lipinski definition) is 3. The summed E-state index contributed by atoms with van der Waals surface area (Å²) in [5.41, 5.74) is 3.01. The van der Waals surface area contributed by atoms with Crippen LogP contribution in [-0.4, -0.2) is 15.9 Å². The van der Waals surface area contributed by atoms with E-state index in [2.05, 4.69) is 31.2 Å². The van der Waals surface area contributed by atoms with Gasteiger partial charge in [0.05, 0.1) is 5.69 Å². The minimum Gasteiger partial charge on any atom is -0.306 e. The highest BCUT2D eigenvalue weighted by Gasteiger charge is 2.08. The molecular weight excluding hydrogens is 390 g/mol. The van der Waals surface area contributed by atoms with Gasteiger partial charge in [-0.1, -0.05) is 46.3 Å². The average molecular weight is 404 g/mol. The van der Waals surface area contributed by atoms with Crippen LogP contribution in [0.5, 0.6) is 0 Å². The van der Waals surface area contributed by atoms with Crippen molar-refractivity contribution in [3.63, 3.8) is 0 Å². The second kappa shape index (κ2) is 7.06. The summed E-state index contributed by atoms with van der Waals surface area (Å²) in [5.74, 6) is 0.283. The van der Waals surface area contributed by atoms with Crippen LogP contribution in [0.15, 0.2) is 83.3 Å². The number of anilines is 1. The average Bonchev–Trinajstić information content (AvgIpc) is 2.68. The third kappa shape index (κ3) is 3.48. The lowest BCUT2D eigenvalue weighted by molar-refractivity contribution is 0.102. The van der Waals surface area contributed by atoms with Crippen molar-refractivity contribution < 1.29 is 4.79 Å². The van der Waals surface area contributed by atoms with Crippen LogP contribution in [0.2, 0.25) is 0 Å². The molecule has 2 heterocycles. The van der Waals surface area contributed by atoms with Gasteiger partial charge in [-0.25, -0.2) is 9.97 Å². The fourth-order valence-electron chi connectivity index (χ4n) is 2.66. The molecule has 0 aliphatic rings. The molecule has 0 bridgehead atoms. The summed E-state index contributed by atoms with van der Waals surface area (Å²) in [7, 11) is 0. The van der Waals surface area contributed by atoms with Crippen molar-refractivity contribution in [1.29, 1.82) is 0 Å². The molecule has 0 saturated heterocycles. The standard InChI is InChI=1S/C21H14BrN3O/c22-17-8-4-7-16(13-17)18-11-9-14-10-12-19(24-20(14)23-18)25-21(26)15-5-2-1-3-6-15/h1-13H,(H,23,24,25,26). The smallest absolute Gasteiger partial charge is 0.256 e. The maximum Gasteiger partial charge on any atom is 0.256 e. The summed E-state index contributed by atoms with van der Waals surface area (Å²) < 4.78 is 0.994. The first kappa shape index (κ1) is 16.4. The number of benzene rings is 2. The molecule has 126 valence electrons. The Hall–Kier alpha value is -3.05. The zero-order valence-corrected chi connectivity index (χ0v) is 15.3. The zero-order chi connectivity index (χ0) is 17.9. The summed E-state index contributed by atoms with van der Waals surface area (Å²) in [6.07, 6.45) is 0. The number of pyridine rings is 2. The molecule has 4 rings (SSSR count). The van der Waals surface area contributed by atoms with E-state index in [1.54, 1.807) is 18.2 Å². The minimum absolute atomic E-state index is 0.194. The van der Waals surface area contributed by atoms with E-state index in [1.807, 2.05) is 60.7 Å². The molecule has 0 aliphatic carbocycles. The van der Waals surface area contributed by atoms with Crippen molar-refractivity contribution in [1.82, 2.24) is 9.97 Å². The Labute approximate surface area is 159 Å². The van der Waals surface area contributed by atoms with Gasteiger partial charge >= 0.3 is 0 Å². The first-order valence-corrected chi connectivity index (χ1v) is 8.88. The maximum absolute atomic E-state index is 12.3. The molecule has 0 radical (unpaired) electrons. The Balaban J connectivity index is 1.66. The molecule has 0 atom stereocenters. The van der Waals surface area contributed by atoms with Crippen LogP contribution in [0.4, 0.5) is 5.82 Å². The number of carbonyl (C=O) groups excluding carboxylic acids is 1. The third-order valence-corrected chi connectivity index (χ3v) is 4.44. The molecule has 0 saturated carbocycles. The SMILES string of the molecule is O=C(Nc1ccc2ccc(-c3cccc(Br)c3)nc2n1)c1ccccc1. The van der Waals surface area contributed by atoms with Gasteiger partial charge in [0.2, 0.25) is 0 Å². The Kier molecular flexibility index (Phi) is 4.46. The normalized spacial score (nSPS) is 10.7. The van der Waals surface area contributed by atoms with Crippen LogP contribution in [0.3, 0.4) is 0 Å². The molecule has 2 aromatic heterocycles. The Morgan fingerprint density at radius 1 is 0.846 bits per heavy atom. The van der Waals surface area contributed by atoms with E-state index in [9.17, 15) is 4.79 Å². The van der Waals surface area contributed by atoms with Gasteiger partial charge in [-0.2, -0.15) is 0 Å². The van der Waals surface area contributed by atoms with Crippen molar-refractivity contribution in [2.45, 2.75) is 0 Å². The fraction of sp³-hybridized carbons (Fsp3) is 0. The monoisotopic (exact) mass is 403 g/mol. The molecule has 1 N–H and O–H groups in total. The van der Waals surface area contributed by atoms with Crippen molar-refractivity contribution in [2.24, 2.45) is 0 Å². The van der Waals surface area contributed by atoms with Gasteiger partial charge in [-0.15, -0.1) is 0 Å². The molecule has 0 fully saturated rings. The van der Waals surface area contributed by atoms with Gasteiger partial charge in [0.25, 0.3) is 5.91 Å². The third-order valence-electron chi connectivity index (χ3n) is 3.95. The highest BCUT2D eigenvalue weighted by atomic mass is 79.9. The van der Waals surface area contributed by atoms with Gasteiger partial charge < -0.3 is 5.32 Å². The molecule has 5 heteroatoms. The maximum atomic E-state index is 12.3. The van der Waals surface area contributed by atoms with Crippen molar-refractivity contribution in [3.8, 4) is 11.3 Å². The summed E-state index contributed by atoms with van der Waals surface area (Å²) in [5, 5.41) is 3.74. The van der Waals surface area contributed by atoms with Crippen LogP contribution >= 0.6 is 15.9 Å². The highest BCUT2D eigenvalue weighted by molar-refractivity contribution is 9.10. The van der Waals surface area contributed by atoms with Gasteiger partial charge in [0.15, 0.2) is 5.65 Å². The Bertz CT molecular complexity index is 1100. The predicted octanol–water partition coefficient (Wildman–Crippen LogP) is 5.31. The lowest BCUT2D eigenvalue weighted by Gasteiger charge is -2.07. The second-order valence-electron chi connectivity index (χ2n) is 5.77. The number of nitrogens with zero attached hydrogens (tertiary/aromatic N) is 2. The molecule has 4 aromatic rings. The number of rotatable bonds is 3. The van der Waals surface area contributed by atoms with Crippen molar-refractivity contribution in [3.05, 3.63) is 88.9 Å². The Morgan fingerprint density at radius 2 is 1.65 bits per heavy atom. The van der Waals surface area contributed by atoms with E-state index in [4.69, 9.17) is 0 Å². The van der Waals surface area contributed by atoms with Crippen LogP contribution < -0.4 is 5.32 Å². The van der Waals surface area contributed by atoms with Gasteiger partial charge in [0.1, 0.15) is 5.82 Å². The summed E-state index contributed by atoms with van der Waals surface area (Å²) in [6.45, 7) is 0. The lowest BCUT2D eigenvalue weighted by Crippen LogP contribution is -2.12. The molecule has 4 nitrogen and oxygen atoms in total. The molecule has 0 unspecified atom stereocenters. The van der Waals surface area contributed by atoms with Gasteiger partial charge in [-0.3, -0.25) is 4.79 Å². The summed E-state index contributed by atoms with van der Waals surface area (Å²) in [6, 6.07) is 24.6. The van der Waals surface area contributed by atoms with Crippen LogP contribution in [0.1, 0.15) is 10.4 Å². The van der Waals surface area contributed by atoms with Crippen molar-refractivity contribution in [2.75, 3.05) is 5.32 Å². The van der Waals surface area contributed by atoms with E-state index >= 15 is 0 Å². The zero-order valence-electron chi connectivity index (χ0n) is 13.7. The minimum atomic E-state index is -0.194. The summed E-state index contributed by atoms with van der Waals surface area (Å²) in [4.78, 5) is 21.4. The molecule has 0 aliphatic heterocycles. The first-order chi connectivity index (χ1) is 12.7. The largest absolute Gasteiger partial charge is 0.306 e. The molecular formula is C21H14BrN3O. The van der Waals surface area contributed by atoms with E-state index in [0.29, 0.717) is 17.0 Å². The van der Waals surface area contributed by atoms with Crippen LogP contribution in [-0.2, 0) is 0 Å². The molecule has 0 spiro atoms.